The fraction of sp³-hybridized carbons (Fsp3) is 0.529. The maximum atomic E-state index is 12.4. The number of benzene rings is 1. The summed E-state index contributed by atoms with van der Waals surface area (Å²) in [6.07, 6.45) is 2.70. The zero-order valence-electron chi connectivity index (χ0n) is 13.0. The Hall–Kier alpha value is -1.29. The minimum atomic E-state index is -0.265. The molecule has 4 heteroatoms. The summed E-state index contributed by atoms with van der Waals surface area (Å²) in [6, 6.07) is 9.82. The van der Waals surface area contributed by atoms with Crippen LogP contribution in [0.5, 0.6) is 0 Å². The van der Waals surface area contributed by atoms with Crippen LogP contribution in [0.1, 0.15) is 51.5 Å². The molecule has 0 aliphatic carbocycles. The van der Waals surface area contributed by atoms with Gasteiger partial charge in [0.05, 0.1) is 12.5 Å². The quantitative estimate of drug-likeness (QED) is 0.676. The molecule has 3 nitrogen and oxygen atoms in total. The molecule has 2 atom stereocenters. The van der Waals surface area contributed by atoms with E-state index in [4.69, 9.17) is 4.74 Å². The predicted molar refractivity (Wildman–Crippen MR) is 87.4 cm³/mol. The lowest BCUT2D eigenvalue weighted by atomic mass is 10.0. The van der Waals surface area contributed by atoms with Crippen LogP contribution in [0.2, 0.25) is 0 Å². The van der Waals surface area contributed by atoms with E-state index >= 15 is 0 Å². The summed E-state index contributed by atoms with van der Waals surface area (Å²) in [4.78, 5) is 23.2. The molecule has 116 valence electrons. The van der Waals surface area contributed by atoms with Gasteiger partial charge in [-0.05, 0) is 18.4 Å². The topological polar surface area (TPSA) is 43.4 Å². The summed E-state index contributed by atoms with van der Waals surface area (Å²) in [7, 11) is 0. The van der Waals surface area contributed by atoms with Gasteiger partial charge in [-0.1, -0.05) is 62.4 Å². The van der Waals surface area contributed by atoms with Gasteiger partial charge in [-0.15, -0.1) is 0 Å². The third-order valence-electron chi connectivity index (χ3n) is 3.29. The van der Waals surface area contributed by atoms with Gasteiger partial charge in [0, 0.05) is 12.2 Å². The second kappa shape index (κ2) is 9.61. The van der Waals surface area contributed by atoms with Gasteiger partial charge in [0.25, 0.3) is 0 Å². The molecular formula is C17H24O3S. The van der Waals surface area contributed by atoms with Gasteiger partial charge in [-0.2, -0.15) is 0 Å². The monoisotopic (exact) mass is 308 g/mol. The molecule has 0 fully saturated rings. The molecular weight excluding hydrogens is 284 g/mol. The Morgan fingerprint density at radius 1 is 1.19 bits per heavy atom. The van der Waals surface area contributed by atoms with Crippen LogP contribution >= 0.6 is 11.8 Å². The highest BCUT2D eigenvalue weighted by molar-refractivity contribution is 8.14. The van der Waals surface area contributed by atoms with Crippen LogP contribution < -0.4 is 0 Å². The molecule has 21 heavy (non-hydrogen) atoms. The second-order valence-electron chi connectivity index (χ2n) is 5.11. The van der Waals surface area contributed by atoms with Crippen LogP contribution in [0.4, 0.5) is 0 Å². The van der Waals surface area contributed by atoms with E-state index in [1.807, 2.05) is 37.3 Å². The summed E-state index contributed by atoms with van der Waals surface area (Å²) in [5.41, 5.74) is 1.05. The number of hydrogen-bond acceptors (Lipinski definition) is 4. The van der Waals surface area contributed by atoms with Crippen LogP contribution in [-0.4, -0.2) is 22.9 Å². The second-order valence-corrected chi connectivity index (χ2v) is 6.41. The Balaban J connectivity index is 2.53. The maximum Gasteiger partial charge on any atom is 0.302 e. The van der Waals surface area contributed by atoms with Crippen molar-refractivity contribution in [2.75, 3.05) is 6.61 Å². The lowest BCUT2D eigenvalue weighted by Crippen LogP contribution is -2.15. The Bertz CT molecular complexity index is 445. The van der Waals surface area contributed by atoms with Crippen molar-refractivity contribution in [1.82, 2.24) is 0 Å². The van der Waals surface area contributed by atoms with Crippen LogP contribution in [0.25, 0.3) is 0 Å². The van der Waals surface area contributed by atoms with Crippen LogP contribution in [0.3, 0.4) is 0 Å². The van der Waals surface area contributed by atoms with Crippen molar-refractivity contribution in [3.05, 3.63) is 35.9 Å². The standard InChI is InChI=1S/C17H24O3S/c1-4-8-16(11-12-20-14(3)18)21-17(19)13(2)15-9-6-5-7-10-15/h5-7,9-10,13,16H,4,8,11-12H2,1-3H3/t13-,16+/m1/s1. The van der Waals surface area contributed by atoms with E-state index in [0.29, 0.717) is 6.61 Å². The lowest BCUT2D eigenvalue weighted by Gasteiger charge is -2.17. The van der Waals surface area contributed by atoms with Crippen molar-refractivity contribution in [3.8, 4) is 0 Å². The molecule has 0 heterocycles. The van der Waals surface area contributed by atoms with Crippen LogP contribution in [-0.2, 0) is 14.3 Å². The molecule has 0 radical (unpaired) electrons. The molecule has 0 saturated carbocycles. The number of hydrogen-bond donors (Lipinski definition) is 0. The number of carbonyl (C=O) groups is 2. The first-order valence-electron chi connectivity index (χ1n) is 7.43. The Kier molecular flexibility index (Phi) is 8.13. The van der Waals surface area contributed by atoms with E-state index < -0.39 is 0 Å². The summed E-state index contributed by atoms with van der Waals surface area (Å²) in [6.45, 7) is 5.84. The molecule has 0 bridgehead atoms. The molecule has 0 N–H and O–H groups in total. The van der Waals surface area contributed by atoms with Gasteiger partial charge in [0.1, 0.15) is 0 Å². The number of rotatable bonds is 8. The smallest absolute Gasteiger partial charge is 0.302 e. The molecule has 0 unspecified atom stereocenters. The molecule has 0 spiro atoms. The molecule has 1 aromatic rings. The van der Waals surface area contributed by atoms with Crippen molar-refractivity contribution in [1.29, 1.82) is 0 Å². The van der Waals surface area contributed by atoms with Crippen molar-refractivity contribution >= 4 is 22.8 Å². The van der Waals surface area contributed by atoms with E-state index in [2.05, 4.69) is 6.92 Å². The van der Waals surface area contributed by atoms with E-state index in [0.717, 1.165) is 24.8 Å². The molecule has 0 saturated heterocycles. The van der Waals surface area contributed by atoms with E-state index in [-0.39, 0.29) is 22.3 Å². The summed E-state index contributed by atoms with van der Waals surface area (Å²) in [5.74, 6) is -0.372. The van der Waals surface area contributed by atoms with Crippen molar-refractivity contribution in [3.63, 3.8) is 0 Å². The fourth-order valence-electron chi connectivity index (χ4n) is 2.06. The van der Waals surface area contributed by atoms with E-state index in [9.17, 15) is 9.59 Å². The number of carbonyl (C=O) groups excluding carboxylic acids is 2. The lowest BCUT2D eigenvalue weighted by molar-refractivity contribution is -0.141. The Morgan fingerprint density at radius 3 is 2.43 bits per heavy atom. The largest absolute Gasteiger partial charge is 0.466 e. The molecule has 0 amide bonds. The van der Waals surface area contributed by atoms with Crippen molar-refractivity contribution in [2.24, 2.45) is 0 Å². The van der Waals surface area contributed by atoms with Gasteiger partial charge in [-0.25, -0.2) is 0 Å². The zero-order chi connectivity index (χ0) is 15.7. The first kappa shape index (κ1) is 17.8. The maximum absolute atomic E-state index is 12.4. The number of thioether (sulfide) groups is 1. The van der Waals surface area contributed by atoms with Crippen molar-refractivity contribution < 1.29 is 14.3 Å². The van der Waals surface area contributed by atoms with E-state index in [1.54, 1.807) is 0 Å². The average Bonchev–Trinajstić information content (AvgIpc) is 2.47. The van der Waals surface area contributed by atoms with Crippen molar-refractivity contribution in [2.45, 2.75) is 51.2 Å². The normalized spacial score (nSPS) is 13.5. The molecule has 1 rings (SSSR count). The van der Waals surface area contributed by atoms with Gasteiger partial charge in [0.2, 0.25) is 0 Å². The fourth-order valence-corrected chi connectivity index (χ4v) is 3.30. The molecule has 1 aromatic carbocycles. The molecule has 0 aliphatic heterocycles. The average molecular weight is 308 g/mol. The highest BCUT2D eigenvalue weighted by atomic mass is 32.2. The Labute approximate surface area is 131 Å². The van der Waals surface area contributed by atoms with Crippen LogP contribution in [0, 0.1) is 0 Å². The van der Waals surface area contributed by atoms with Gasteiger partial charge >= 0.3 is 5.97 Å². The number of ether oxygens (including phenoxy) is 1. The van der Waals surface area contributed by atoms with Gasteiger partial charge < -0.3 is 4.74 Å². The van der Waals surface area contributed by atoms with Gasteiger partial charge in [0.15, 0.2) is 5.12 Å². The summed E-state index contributed by atoms with van der Waals surface area (Å²) < 4.78 is 4.98. The summed E-state index contributed by atoms with van der Waals surface area (Å²) in [5, 5.41) is 0.399. The van der Waals surface area contributed by atoms with E-state index in [1.165, 1.54) is 18.7 Å². The molecule has 0 aromatic heterocycles. The SMILES string of the molecule is CCC[C@@H](CCOC(C)=O)SC(=O)[C@H](C)c1ccccc1. The summed E-state index contributed by atoms with van der Waals surface area (Å²) >= 11 is 1.39. The minimum Gasteiger partial charge on any atom is -0.466 e. The predicted octanol–water partition coefficient (Wildman–Crippen LogP) is 4.17. The van der Waals surface area contributed by atoms with Crippen LogP contribution in [0.15, 0.2) is 30.3 Å². The first-order valence-corrected chi connectivity index (χ1v) is 8.31. The highest BCUT2D eigenvalue weighted by Gasteiger charge is 2.20. The highest BCUT2D eigenvalue weighted by Crippen LogP contribution is 2.28. The minimum absolute atomic E-state index is 0.107. The Morgan fingerprint density at radius 2 is 1.86 bits per heavy atom. The van der Waals surface area contributed by atoms with Gasteiger partial charge in [-0.3, -0.25) is 9.59 Å². The third kappa shape index (κ3) is 6.80. The molecule has 0 aliphatic rings. The third-order valence-corrected chi connectivity index (χ3v) is 4.68. The zero-order valence-corrected chi connectivity index (χ0v) is 13.8. The number of esters is 1. The first-order chi connectivity index (χ1) is 10.0.